The zero-order valence-electron chi connectivity index (χ0n) is 18.8. The quantitative estimate of drug-likeness (QED) is 0.672. The van der Waals surface area contributed by atoms with Gasteiger partial charge < -0.3 is 4.90 Å². The van der Waals surface area contributed by atoms with Crippen LogP contribution in [0.2, 0.25) is 0 Å². The molecule has 3 heterocycles. The number of aromatic nitrogens is 2. The Morgan fingerprint density at radius 3 is 2.47 bits per heavy atom. The Morgan fingerprint density at radius 1 is 1.07 bits per heavy atom. The highest BCUT2D eigenvalue weighted by molar-refractivity contribution is 7.18. The summed E-state index contributed by atoms with van der Waals surface area (Å²) < 4.78 is 3.58. The summed E-state index contributed by atoms with van der Waals surface area (Å²) in [6, 6.07) is 0.0640. The van der Waals surface area contributed by atoms with Gasteiger partial charge in [-0.25, -0.2) is 4.79 Å². The Labute approximate surface area is 183 Å². The van der Waals surface area contributed by atoms with Crippen molar-refractivity contribution in [2.45, 2.75) is 78.4 Å². The van der Waals surface area contributed by atoms with Crippen LogP contribution in [-0.4, -0.2) is 51.7 Å². The van der Waals surface area contributed by atoms with E-state index in [0.717, 1.165) is 81.6 Å². The number of rotatable bonds is 7. The molecule has 0 N–H and O–H groups in total. The Hall–Kier alpha value is -1.44. The van der Waals surface area contributed by atoms with E-state index in [9.17, 15) is 9.59 Å². The van der Waals surface area contributed by atoms with Crippen LogP contribution in [0.4, 0.5) is 0 Å². The average molecular weight is 433 g/mol. The maximum Gasteiger partial charge on any atom is 0.332 e. The summed E-state index contributed by atoms with van der Waals surface area (Å²) in [4.78, 5) is 34.3. The van der Waals surface area contributed by atoms with Crippen LogP contribution in [-0.2, 0) is 19.5 Å². The van der Waals surface area contributed by atoms with Gasteiger partial charge in [-0.05, 0) is 44.5 Å². The van der Waals surface area contributed by atoms with Gasteiger partial charge in [0, 0.05) is 37.1 Å². The van der Waals surface area contributed by atoms with Crippen molar-refractivity contribution in [1.29, 1.82) is 0 Å². The van der Waals surface area contributed by atoms with E-state index < -0.39 is 0 Å². The van der Waals surface area contributed by atoms with Crippen molar-refractivity contribution < 1.29 is 0 Å². The first-order valence-electron chi connectivity index (χ1n) is 11.8. The zero-order chi connectivity index (χ0) is 21.3. The largest absolute Gasteiger partial charge is 0.332 e. The van der Waals surface area contributed by atoms with Gasteiger partial charge in [-0.3, -0.25) is 18.8 Å². The summed E-state index contributed by atoms with van der Waals surface area (Å²) in [7, 11) is 0. The minimum Gasteiger partial charge on any atom is -0.302 e. The molecule has 0 bridgehead atoms. The molecule has 0 radical (unpaired) electrons. The minimum absolute atomic E-state index is 0.0246. The van der Waals surface area contributed by atoms with Crippen molar-refractivity contribution >= 4 is 21.6 Å². The van der Waals surface area contributed by atoms with Crippen LogP contribution in [0, 0.1) is 0 Å². The zero-order valence-corrected chi connectivity index (χ0v) is 19.6. The van der Waals surface area contributed by atoms with Crippen LogP contribution >= 0.6 is 11.3 Å². The number of thiophene rings is 1. The maximum absolute atomic E-state index is 13.7. The van der Waals surface area contributed by atoms with Crippen LogP contribution in [0.3, 0.4) is 0 Å². The van der Waals surface area contributed by atoms with Crippen LogP contribution in [0.5, 0.6) is 0 Å². The number of hydrogen-bond acceptors (Lipinski definition) is 5. The van der Waals surface area contributed by atoms with Crippen LogP contribution < -0.4 is 11.2 Å². The van der Waals surface area contributed by atoms with Gasteiger partial charge in [0.2, 0.25) is 0 Å². The summed E-state index contributed by atoms with van der Waals surface area (Å²) in [6.07, 6.45) is 6.25. The molecule has 2 aromatic heterocycles. The number of likely N-dealkylation sites (N-methyl/N-ethyl adjacent to an activating group) is 2. The fourth-order valence-corrected chi connectivity index (χ4v) is 6.59. The molecule has 0 spiro atoms. The fourth-order valence-electron chi connectivity index (χ4n) is 5.19. The molecular formula is C23H36N4O2S. The molecule has 0 saturated heterocycles. The summed E-state index contributed by atoms with van der Waals surface area (Å²) >= 11 is 1.69. The fraction of sp³-hybridized carbons (Fsp3) is 0.739. The third kappa shape index (κ3) is 3.92. The molecule has 0 unspecified atom stereocenters. The second-order valence-electron chi connectivity index (χ2n) is 8.73. The van der Waals surface area contributed by atoms with E-state index in [-0.39, 0.29) is 17.3 Å². The molecule has 0 atom stereocenters. The molecule has 0 amide bonds. The standard InChI is InChI=1S/C23H36N4O2S/c1-4-24(5-2)14-15-26-22-20(18-12-13-25(6-3)16-19(18)30-22)21(28)27(23(26)29)17-10-8-7-9-11-17/h17H,4-16H2,1-3H3. The normalized spacial score (nSPS) is 18.4. The summed E-state index contributed by atoms with van der Waals surface area (Å²) in [5.74, 6) is 0. The highest BCUT2D eigenvalue weighted by Gasteiger charge is 2.28. The van der Waals surface area contributed by atoms with Crippen molar-refractivity contribution in [3.8, 4) is 0 Å². The molecule has 166 valence electrons. The van der Waals surface area contributed by atoms with E-state index >= 15 is 0 Å². The highest BCUT2D eigenvalue weighted by Crippen LogP contribution is 2.34. The van der Waals surface area contributed by atoms with Gasteiger partial charge >= 0.3 is 5.69 Å². The molecule has 1 fully saturated rings. The first-order valence-corrected chi connectivity index (χ1v) is 12.6. The second kappa shape index (κ2) is 9.37. The predicted octanol–water partition coefficient (Wildman–Crippen LogP) is 3.45. The lowest BCUT2D eigenvalue weighted by atomic mass is 9.95. The first kappa shape index (κ1) is 21.8. The molecule has 2 aromatic rings. The molecule has 4 rings (SSSR count). The maximum atomic E-state index is 13.7. The van der Waals surface area contributed by atoms with E-state index in [1.54, 1.807) is 15.9 Å². The van der Waals surface area contributed by atoms with Gasteiger partial charge in [0.1, 0.15) is 4.83 Å². The number of fused-ring (bicyclic) bond motifs is 3. The lowest BCUT2D eigenvalue weighted by molar-refractivity contribution is 0.272. The third-order valence-corrected chi connectivity index (χ3v) is 8.39. The van der Waals surface area contributed by atoms with E-state index in [1.807, 2.05) is 4.57 Å². The average Bonchev–Trinajstić information content (AvgIpc) is 3.15. The molecule has 7 heteroatoms. The lowest BCUT2D eigenvalue weighted by Gasteiger charge is -2.26. The van der Waals surface area contributed by atoms with Crippen molar-refractivity contribution in [2.24, 2.45) is 0 Å². The molecule has 1 saturated carbocycles. The Bertz CT molecular complexity index is 995. The van der Waals surface area contributed by atoms with E-state index in [0.29, 0.717) is 6.54 Å². The van der Waals surface area contributed by atoms with Gasteiger partial charge in [0.05, 0.1) is 5.39 Å². The van der Waals surface area contributed by atoms with Crippen molar-refractivity contribution in [3.63, 3.8) is 0 Å². The van der Waals surface area contributed by atoms with Crippen LogP contribution in [0.1, 0.15) is 69.4 Å². The smallest absolute Gasteiger partial charge is 0.302 e. The Morgan fingerprint density at radius 2 is 1.80 bits per heavy atom. The van der Waals surface area contributed by atoms with E-state index in [1.165, 1.54) is 16.9 Å². The summed E-state index contributed by atoms with van der Waals surface area (Å²) in [5, 5.41) is 0.843. The van der Waals surface area contributed by atoms with Crippen molar-refractivity contribution in [3.05, 3.63) is 31.3 Å². The van der Waals surface area contributed by atoms with Gasteiger partial charge in [-0.15, -0.1) is 11.3 Å². The van der Waals surface area contributed by atoms with E-state index in [2.05, 4.69) is 30.6 Å². The highest BCUT2D eigenvalue weighted by atomic mass is 32.1. The molecule has 1 aliphatic heterocycles. The van der Waals surface area contributed by atoms with Crippen LogP contribution in [0.15, 0.2) is 9.59 Å². The van der Waals surface area contributed by atoms with E-state index in [4.69, 9.17) is 0 Å². The van der Waals surface area contributed by atoms with Gasteiger partial charge in [-0.2, -0.15) is 0 Å². The summed E-state index contributed by atoms with van der Waals surface area (Å²) in [5.41, 5.74) is 1.10. The minimum atomic E-state index is -0.0856. The van der Waals surface area contributed by atoms with Gasteiger partial charge in [0.25, 0.3) is 5.56 Å². The van der Waals surface area contributed by atoms with Gasteiger partial charge in [-0.1, -0.05) is 40.0 Å². The molecule has 1 aliphatic carbocycles. The molecule has 30 heavy (non-hydrogen) atoms. The topological polar surface area (TPSA) is 50.5 Å². The Balaban J connectivity index is 1.87. The molecular weight excluding hydrogens is 396 g/mol. The summed E-state index contributed by atoms with van der Waals surface area (Å²) in [6.45, 7) is 12.9. The second-order valence-corrected chi connectivity index (χ2v) is 9.81. The number of nitrogens with zero attached hydrogens (tertiary/aromatic N) is 4. The molecule has 6 nitrogen and oxygen atoms in total. The Kier molecular flexibility index (Phi) is 6.80. The monoisotopic (exact) mass is 432 g/mol. The van der Waals surface area contributed by atoms with Crippen molar-refractivity contribution in [1.82, 2.24) is 18.9 Å². The van der Waals surface area contributed by atoms with Gasteiger partial charge in [0.15, 0.2) is 0 Å². The predicted molar refractivity (Wildman–Crippen MR) is 125 cm³/mol. The van der Waals surface area contributed by atoms with Crippen LogP contribution in [0.25, 0.3) is 10.2 Å². The number of hydrogen-bond donors (Lipinski definition) is 0. The van der Waals surface area contributed by atoms with Crippen molar-refractivity contribution in [2.75, 3.05) is 32.7 Å². The SMILES string of the molecule is CCN(CC)CCn1c(=O)n(C2CCCCC2)c(=O)c2c3c(sc21)CN(CC)CC3. The third-order valence-electron chi connectivity index (χ3n) is 7.15. The molecule has 0 aromatic carbocycles. The lowest BCUT2D eigenvalue weighted by Crippen LogP contribution is -2.44. The first-order chi connectivity index (χ1) is 14.6. The molecule has 2 aliphatic rings.